The van der Waals surface area contributed by atoms with Gasteiger partial charge < -0.3 is 4.74 Å². The minimum Gasteiger partial charge on any atom is -0.481 e. The highest BCUT2D eigenvalue weighted by Gasteiger charge is 1.89. The van der Waals surface area contributed by atoms with E-state index in [1.54, 1.807) is 0 Å². The van der Waals surface area contributed by atoms with Gasteiger partial charge in [0.2, 0.25) is 0 Å². The summed E-state index contributed by atoms with van der Waals surface area (Å²) in [5.41, 5.74) is 0.970. The second-order valence-electron chi connectivity index (χ2n) is 2.14. The molecule has 0 aliphatic carbocycles. The van der Waals surface area contributed by atoms with Crippen LogP contribution in [0.15, 0.2) is 24.3 Å². The first kappa shape index (κ1) is 7.68. The first-order chi connectivity index (χ1) is 5.33. The lowest BCUT2D eigenvalue weighted by Crippen LogP contribution is -1.92. The Morgan fingerprint density at radius 1 is 1.36 bits per heavy atom. The molecule has 0 aliphatic heterocycles. The maximum atomic E-state index is 5.15. The summed E-state index contributed by atoms with van der Waals surface area (Å²) < 4.78 is 5.15. The highest BCUT2D eigenvalue weighted by Crippen LogP contribution is 2.10. The molecule has 1 radical (unpaired) electrons. The van der Waals surface area contributed by atoms with Crippen molar-refractivity contribution in [2.24, 2.45) is 0 Å². The van der Waals surface area contributed by atoms with E-state index in [0.717, 1.165) is 11.3 Å². The molecule has 0 aromatic heterocycles. The molecule has 0 amide bonds. The summed E-state index contributed by atoms with van der Waals surface area (Å²) in [7, 11) is 0. The minimum atomic E-state index is 0.316. The van der Waals surface area contributed by atoms with Crippen molar-refractivity contribution in [2.45, 2.75) is 0 Å². The van der Waals surface area contributed by atoms with E-state index in [0.29, 0.717) is 6.61 Å². The van der Waals surface area contributed by atoms with Crippen LogP contribution in [0.3, 0.4) is 0 Å². The molecular weight excluding hydrogens is 136 g/mol. The van der Waals surface area contributed by atoms with Gasteiger partial charge in [0, 0.05) is 0 Å². The average molecular weight is 145 g/mol. The van der Waals surface area contributed by atoms with Gasteiger partial charge in [-0.15, -0.1) is 6.42 Å². The fourth-order valence-corrected chi connectivity index (χ4v) is 0.711. The highest BCUT2D eigenvalue weighted by molar-refractivity contribution is 5.28. The van der Waals surface area contributed by atoms with Crippen LogP contribution in [0, 0.1) is 19.3 Å². The van der Waals surface area contributed by atoms with E-state index in [9.17, 15) is 0 Å². The maximum absolute atomic E-state index is 5.15. The molecule has 0 aliphatic rings. The van der Waals surface area contributed by atoms with E-state index in [2.05, 4.69) is 12.8 Å². The van der Waals surface area contributed by atoms with Gasteiger partial charge in [-0.05, 0) is 24.6 Å². The molecule has 0 fully saturated rings. The summed E-state index contributed by atoms with van der Waals surface area (Å²) in [5, 5.41) is 0. The van der Waals surface area contributed by atoms with E-state index in [1.807, 2.05) is 24.3 Å². The molecule has 1 aromatic carbocycles. The Bertz CT molecular complexity index is 253. The summed E-state index contributed by atoms with van der Waals surface area (Å²) in [4.78, 5) is 0. The van der Waals surface area contributed by atoms with Crippen LogP contribution in [0.1, 0.15) is 5.56 Å². The predicted octanol–water partition coefficient (Wildman–Crippen LogP) is 1.88. The van der Waals surface area contributed by atoms with E-state index in [1.165, 1.54) is 0 Å². The van der Waals surface area contributed by atoms with Crippen molar-refractivity contribution in [3.05, 3.63) is 36.8 Å². The number of rotatable bonds is 2. The van der Waals surface area contributed by atoms with Gasteiger partial charge in [-0.1, -0.05) is 18.1 Å². The second kappa shape index (κ2) is 3.68. The summed E-state index contributed by atoms with van der Waals surface area (Å²) in [6.07, 6.45) is 5.02. The van der Waals surface area contributed by atoms with Crippen LogP contribution in [0.4, 0.5) is 0 Å². The molecule has 1 heteroatoms. The van der Waals surface area contributed by atoms with Gasteiger partial charge in [0.05, 0.1) is 0 Å². The zero-order valence-corrected chi connectivity index (χ0v) is 6.21. The molecule has 0 N–H and O–H groups in total. The van der Waals surface area contributed by atoms with Crippen molar-refractivity contribution in [1.29, 1.82) is 0 Å². The lowest BCUT2D eigenvalue weighted by Gasteiger charge is -2.00. The Labute approximate surface area is 67.0 Å². The largest absolute Gasteiger partial charge is 0.481 e. The Morgan fingerprint density at radius 2 is 2.00 bits per heavy atom. The zero-order valence-electron chi connectivity index (χ0n) is 6.21. The molecule has 55 valence electrons. The van der Waals surface area contributed by atoms with Crippen LogP contribution < -0.4 is 4.74 Å². The average Bonchev–Trinajstić information content (AvgIpc) is 2.04. The van der Waals surface area contributed by atoms with Crippen LogP contribution >= 0.6 is 0 Å². The number of benzene rings is 1. The molecule has 1 rings (SSSR count). The summed E-state index contributed by atoms with van der Waals surface area (Å²) >= 11 is 0. The molecule has 0 unspecified atom stereocenters. The summed E-state index contributed by atoms with van der Waals surface area (Å²) in [6, 6.07) is 7.46. The van der Waals surface area contributed by atoms with Gasteiger partial charge in [-0.25, -0.2) is 0 Å². The molecule has 1 aromatic rings. The summed E-state index contributed by atoms with van der Waals surface area (Å²) in [5.74, 6) is 3.18. The van der Waals surface area contributed by atoms with Crippen molar-refractivity contribution >= 4 is 0 Å². The first-order valence-electron chi connectivity index (χ1n) is 3.31. The standard InChI is InChI=1S/C10H9O/c1-3-8-11-10-6-4-9(2)5-7-10/h1,4-7H,2,8H2. The number of terminal acetylenes is 1. The smallest absolute Gasteiger partial charge is 0.148 e. The van der Waals surface area contributed by atoms with Gasteiger partial charge in [0.15, 0.2) is 0 Å². The number of hydrogen-bond donors (Lipinski definition) is 0. The van der Waals surface area contributed by atoms with E-state index >= 15 is 0 Å². The lowest BCUT2D eigenvalue weighted by atomic mass is 10.2. The van der Waals surface area contributed by atoms with Crippen molar-refractivity contribution in [3.8, 4) is 18.1 Å². The third-order valence-corrected chi connectivity index (χ3v) is 1.25. The molecule has 0 bridgehead atoms. The van der Waals surface area contributed by atoms with E-state index < -0.39 is 0 Å². The third kappa shape index (κ3) is 2.35. The van der Waals surface area contributed by atoms with Crippen LogP contribution in [0.5, 0.6) is 5.75 Å². The van der Waals surface area contributed by atoms with Crippen molar-refractivity contribution in [3.63, 3.8) is 0 Å². The topological polar surface area (TPSA) is 9.23 Å². The fraction of sp³-hybridized carbons (Fsp3) is 0.100. The summed E-state index contributed by atoms with van der Waals surface area (Å²) in [6.45, 7) is 4.06. The predicted molar refractivity (Wildman–Crippen MR) is 45.2 cm³/mol. The number of ether oxygens (including phenoxy) is 1. The fourth-order valence-electron chi connectivity index (χ4n) is 0.711. The van der Waals surface area contributed by atoms with Gasteiger partial charge >= 0.3 is 0 Å². The van der Waals surface area contributed by atoms with Gasteiger partial charge in [-0.3, -0.25) is 0 Å². The van der Waals surface area contributed by atoms with Crippen LogP contribution in [0.25, 0.3) is 0 Å². The quantitative estimate of drug-likeness (QED) is 0.577. The Kier molecular flexibility index (Phi) is 2.57. The Hall–Kier alpha value is -1.42. The lowest BCUT2D eigenvalue weighted by molar-refractivity contribution is 0.370. The van der Waals surface area contributed by atoms with E-state index in [-0.39, 0.29) is 0 Å². The van der Waals surface area contributed by atoms with Crippen LogP contribution in [-0.4, -0.2) is 6.61 Å². The molecular formula is C10H9O. The molecule has 1 nitrogen and oxygen atoms in total. The first-order valence-corrected chi connectivity index (χ1v) is 3.31. The van der Waals surface area contributed by atoms with E-state index in [4.69, 9.17) is 11.2 Å². The molecule has 0 saturated carbocycles. The van der Waals surface area contributed by atoms with Crippen LogP contribution in [0.2, 0.25) is 0 Å². The normalized spacial score (nSPS) is 8.73. The Balaban J connectivity index is 2.60. The van der Waals surface area contributed by atoms with Crippen molar-refractivity contribution in [1.82, 2.24) is 0 Å². The third-order valence-electron chi connectivity index (χ3n) is 1.25. The number of hydrogen-bond acceptors (Lipinski definition) is 1. The van der Waals surface area contributed by atoms with Crippen molar-refractivity contribution < 1.29 is 4.74 Å². The minimum absolute atomic E-state index is 0.316. The molecule has 0 atom stereocenters. The van der Waals surface area contributed by atoms with Crippen LogP contribution in [-0.2, 0) is 0 Å². The molecule has 0 saturated heterocycles. The molecule has 0 spiro atoms. The maximum Gasteiger partial charge on any atom is 0.148 e. The Morgan fingerprint density at radius 3 is 2.55 bits per heavy atom. The monoisotopic (exact) mass is 145 g/mol. The van der Waals surface area contributed by atoms with Gasteiger partial charge in [0.25, 0.3) is 0 Å². The van der Waals surface area contributed by atoms with Gasteiger partial charge in [-0.2, -0.15) is 0 Å². The zero-order chi connectivity index (χ0) is 8.10. The highest BCUT2D eigenvalue weighted by atomic mass is 16.5. The molecule has 0 heterocycles. The van der Waals surface area contributed by atoms with Crippen molar-refractivity contribution in [2.75, 3.05) is 6.61 Å². The second-order valence-corrected chi connectivity index (χ2v) is 2.14. The van der Waals surface area contributed by atoms with Gasteiger partial charge in [0.1, 0.15) is 12.4 Å². The SMILES string of the molecule is C#CCOc1ccc([CH2])cc1. The molecule has 11 heavy (non-hydrogen) atoms.